The third kappa shape index (κ3) is 1.81. The maximum Gasteiger partial charge on any atom is 0.132 e. The number of rotatable bonds is 2. The van der Waals surface area contributed by atoms with Crippen molar-refractivity contribution in [2.75, 3.05) is 20.2 Å². The molecule has 1 saturated heterocycles. The monoisotopic (exact) mass is 289 g/mol. The van der Waals surface area contributed by atoms with Crippen molar-refractivity contribution in [2.24, 2.45) is 0 Å². The number of methoxy groups -OCH3 is 1. The van der Waals surface area contributed by atoms with Gasteiger partial charge >= 0.3 is 0 Å². The zero-order chi connectivity index (χ0) is 9.26. The molecule has 1 aromatic carbocycles. The Bertz CT molecular complexity index is 310. The van der Waals surface area contributed by atoms with Crippen LogP contribution in [0.3, 0.4) is 0 Å². The molecule has 0 amide bonds. The minimum Gasteiger partial charge on any atom is -0.496 e. The average Bonchev–Trinajstić information content (AvgIpc) is 2.01. The van der Waals surface area contributed by atoms with Crippen LogP contribution in [0, 0.1) is 3.57 Å². The van der Waals surface area contributed by atoms with Crippen molar-refractivity contribution in [2.45, 2.75) is 5.92 Å². The molecule has 3 heteroatoms. The molecule has 1 fully saturated rings. The lowest BCUT2D eigenvalue weighted by Crippen LogP contribution is -2.39. The Kier molecular flexibility index (Phi) is 2.74. The molecule has 1 heterocycles. The molecule has 0 atom stereocenters. The van der Waals surface area contributed by atoms with Gasteiger partial charge in [0.25, 0.3) is 0 Å². The first-order valence-electron chi connectivity index (χ1n) is 4.35. The highest BCUT2D eigenvalue weighted by Gasteiger charge is 2.19. The fraction of sp³-hybridized carbons (Fsp3) is 0.400. The highest BCUT2D eigenvalue weighted by Crippen LogP contribution is 2.27. The Hall–Kier alpha value is -0.290. The second kappa shape index (κ2) is 3.84. The van der Waals surface area contributed by atoms with E-state index in [2.05, 4.69) is 46.1 Å². The van der Waals surface area contributed by atoms with Gasteiger partial charge in [0.1, 0.15) is 5.75 Å². The fourth-order valence-corrected chi connectivity index (χ4v) is 2.22. The minimum absolute atomic E-state index is 0.708. The lowest BCUT2D eigenvalue weighted by atomic mass is 9.94. The Morgan fingerprint density at radius 1 is 1.46 bits per heavy atom. The van der Waals surface area contributed by atoms with Crippen LogP contribution in [0.25, 0.3) is 0 Å². The van der Waals surface area contributed by atoms with Crippen molar-refractivity contribution in [1.29, 1.82) is 0 Å². The second-order valence-electron chi connectivity index (χ2n) is 3.25. The molecule has 1 aromatic rings. The van der Waals surface area contributed by atoms with Gasteiger partial charge in [0.05, 0.1) is 10.7 Å². The summed E-state index contributed by atoms with van der Waals surface area (Å²) in [5.74, 6) is 1.68. The summed E-state index contributed by atoms with van der Waals surface area (Å²) in [6.45, 7) is 2.23. The first-order valence-corrected chi connectivity index (χ1v) is 5.43. The summed E-state index contributed by atoms with van der Waals surface area (Å²) in [4.78, 5) is 0. The zero-order valence-electron chi connectivity index (χ0n) is 7.51. The summed E-state index contributed by atoms with van der Waals surface area (Å²) in [7, 11) is 1.71. The van der Waals surface area contributed by atoms with Crippen LogP contribution in [-0.2, 0) is 0 Å². The molecule has 1 aliphatic heterocycles. The van der Waals surface area contributed by atoms with Crippen LogP contribution in [0.15, 0.2) is 18.2 Å². The Morgan fingerprint density at radius 2 is 2.23 bits per heavy atom. The molecule has 1 N–H and O–H groups in total. The molecule has 0 unspecified atom stereocenters. The standard InChI is InChI=1S/C10H12INO/c1-13-10-3-2-7(4-9(10)11)8-5-12-6-8/h2-4,8,12H,5-6H2,1H3. The molecule has 13 heavy (non-hydrogen) atoms. The normalized spacial score (nSPS) is 16.8. The first-order chi connectivity index (χ1) is 6.31. The van der Waals surface area contributed by atoms with Crippen molar-refractivity contribution in [3.63, 3.8) is 0 Å². The molecule has 0 radical (unpaired) electrons. The zero-order valence-corrected chi connectivity index (χ0v) is 9.67. The van der Waals surface area contributed by atoms with Crippen LogP contribution in [-0.4, -0.2) is 20.2 Å². The smallest absolute Gasteiger partial charge is 0.132 e. The Labute approximate surface area is 91.8 Å². The van der Waals surface area contributed by atoms with Gasteiger partial charge in [0.2, 0.25) is 0 Å². The van der Waals surface area contributed by atoms with Gasteiger partial charge < -0.3 is 10.1 Å². The Morgan fingerprint density at radius 3 is 2.69 bits per heavy atom. The summed E-state index contributed by atoms with van der Waals surface area (Å²) in [5.41, 5.74) is 1.42. The van der Waals surface area contributed by atoms with Crippen LogP contribution in [0.4, 0.5) is 0 Å². The lowest BCUT2D eigenvalue weighted by molar-refractivity contribution is 0.410. The number of ether oxygens (including phenoxy) is 1. The van der Waals surface area contributed by atoms with Crippen LogP contribution in [0.5, 0.6) is 5.75 Å². The van der Waals surface area contributed by atoms with Crippen LogP contribution >= 0.6 is 22.6 Å². The van der Waals surface area contributed by atoms with E-state index in [0.717, 1.165) is 18.8 Å². The third-order valence-electron chi connectivity index (χ3n) is 2.43. The molecule has 2 rings (SSSR count). The number of benzene rings is 1. The summed E-state index contributed by atoms with van der Waals surface area (Å²) in [6.07, 6.45) is 0. The van der Waals surface area contributed by atoms with E-state index < -0.39 is 0 Å². The fourth-order valence-electron chi connectivity index (χ4n) is 1.46. The van der Waals surface area contributed by atoms with Gasteiger partial charge in [-0.25, -0.2) is 0 Å². The third-order valence-corrected chi connectivity index (χ3v) is 3.27. The second-order valence-corrected chi connectivity index (χ2v) is 4.41. The summed E-state index contributed by atoms with van der Waals surface area (Å²) in [5, 5.41) is 3.27. The maximum atomic E-state index is 5.21. The van der Waals surface area contributed by atoms with E-state index in [1.165, 1.54) is 9.13 Å². The molecular weight excluding hydrogens is 277 g/mol. The molecule has 70 valence electrons. The van der Waals surface area contributed by atoms with Crippen molar-refractivity contribution in [3.8, 4) is 5.75 Å². The molecule has 0 bridgehead atoms. The molecule has 1 aliphatic rings. The number of hydrogen-bond donors (Lipinski definition) is 1. The van der Waals surface area contributed by atoms with Gasteiger partial charge in [-0.05, 0) is 40.3 Å². The van der Waals surface area contributed by atoms with Crippen LogP contribution in [0.1, 0.15) is 11.5 Å². The Balaban J connectivity index is 2.24. The lowest BCUT2D eigenvalue weighted by Gasteiger charge is -2.27. The maximum absolute atomic E-state index is 5.21. The highest BCUT2D eigenvalue weighted by atomic mass is 127. The predicted molar refractivity (Wildman–Crippen MR) is 61.3 cm³/mol. The van der Waals surface area contributed by atoms with E-state index in [-0.39, 0.29) is 0 Å². The summed E-state index contributed by atoms with van der Waals surface area (Å²) in [6, 6.07) is 6.42. The topological polar surface area (TPSA) is 21.3 Å². The highest BCUT2D eigenvalue weighted by molar-refractivity contribution is 14.1. The predicted octanol–water partition coefficient (Wildman–Crippen LogP) is 1.99. The molecule has 0 saturated carbocycles. The molecule has 0 aliphatic carbocycles. The summed E-state index contributed by atoms with van der Waals surface area (Å²) < 4.78 is 6.41. The van der Waals surface area contributed by atoms with Gasteiger partial charge in [-0.15, -0.1) is 0 Å². The van der Waals surface area contributed by atoms with E-state index >= 15 is 0 Å². The van der Waals surface area contributed by atoms with E-state index in [1.807, 2.05) is 0 Å². The van der Waals surface area contributed by atoms with Gasteiger partial charge in [-0.3, -0.25) is 0 Å². The van der Waals surface area contributed by atoms with Gasteiger partial charge in [0, 0.05) is 19.0 Å². The van der Waals surface area contributed by atoms with Crippen molar-refractivity contribution >= 4 is 22.6 Å². The van der Waals surface area contributed by atoms with E-state index in [4.69, 9.17) is 4.74 Å². The molecule has 0 aromatic heterocycles. The molecule has 2 nitrogen and oxygen atoms in total. The van der Waals surface area contributed by atoms with E-state index in [0.29, 0.717) is 5.92 Å². The van der Waals surface area contributed by atoms with Gasteiger partial charge in [-0.2, -0.15) is 0 Å². The SMILES string of the molecule is COc1ccc(C2CNC2)cc1I. The molecule has 0 spiro atoms. The van der Waals surface area contributed by atoms with Crippen LogP contribution in [0.2, 0.25) is 0 Å². The quantitative estimate of drug-likeness (QED) is 0.841. The van der Waals surface area contributed by atoms with Crippen molar-refractivity contribution in [1.82, 2.24) is 5.32 Å². The number of halogens is 1. The number of nitrogens with one attached hydrogen (secondary N) is 1. The minimum atomic E-state index is 0.708. The summed E-state index contributed by atoms with van der Waals surface area (Å²) >= 11 is 2.31. The first kappa shape index (κ1) is 9.27. The average molecular weight is 289 g/mol. The van der Waals surface area contributed by atoms with Crippen LogP contribution < -0.4 is 10.1 Å². The van der Waals surface area contributed by atoms with E-state index in [1.54, 1.807) is 7.11 Å². The van der Waals surface area contributed by atoms with Gasteiger partial charge in [0.15, 0.2) is 0 Å². The van der Waals surface area contributed by atoms with Crippen molar-refractivity contribution in [3.05, 3.63) is 27.3 Å². The van der Waals surface area contributed by atoms with E-state index in [9.17, 15) is 0 Å². The number of hydrogen-bond acceptors (Lipinski definition) is 2. The molecular formula is C10H12INO. The largest absolute Gasteiger partial charge is 0.496 e. The van der Waals surface area contributed by atoms with Gasteiger partial charge in [-0.1, -0.05) is 6.07 Å². The van der Waals surface area contributed by atoms with Crippen molar-refractivity contribution < 1.29 is 4.74 Å².